The highest BCUT2D eigenvalue weighted by Gasteiger charge is 2.31. The molecule has 0 aromatic carbocycles. The molecule has 0 bridgehead atoms. The molecule has 27 heavy (non-hydrogen) atoms. The molecule has 0 saturated carbocycles. The Hall–Kier alpha value is -2.80. The van der Waals surface area contributed by atoms with Gasteiger partial charge in [-0.25, -0.2) is 8.42 Å². The van der Waals surface area contributed by atoms with E-state index in [9.17, 15) is 23.3 Å². The van der Waals surface area contributed by atoms with E-state index in [0.717, 1.165) is 0 Å². The van der Waals surface area contributed by atoms with Gasteiger partial charge in [0.2, 0.25) is 15.9 Å². The van der Waals surface area contributed by atoms with E-state index in [1.54, 1.807) is 14.0 Å². The quantitative estimate of drug-likeness (QED) is 0.484. The molecule has 1 amide bonds. The predicted octanol–water partition coefficient (Wildman–Crippen LogP) is -0.634. The number of carbonyl (C=O) groups is 1. The summed E-state index contributed by atoms with van der Waals surface area (Å²) < 4.78 is 29.2. The maximum atomic E-state index is 12.6. The van der Waals surface area contributed by atoms with Gasteiger partial charge in [-0.1, -0.05) is 0 Å². The molecule has 3 heterocycles. The molecule has 1 aliphatic heterocycles. The van der Waals surface area contributed by atoms with E-state index in [1.165, 1.54) is 37.0 Å². The highest BCUT2D eigenvalue weighted by Crippen LogP contribution is 2.17. The fourth-order valence-corrected chi connectivity index (χ4v) is 4.24. The lowest BCUT2D eigenvalue weighted by Crippen LogP contribution is -2.51. The van der Waals surface area contributed by atoms with Gasteiger partial charge in [0.05, 0.1) is 23.1 Å². The van der Waals surface area contributed by atoms with Crippen LogP contribution in [0, 0.1) is 17.0 Å². The molecule has 3 rings (SSSR count). The second-order valence-corrected chi connectivity index (χ2v) is 8.13. The third kappa shape index (κ3) is 3.83. The van der Waals surface area contributed by atoms with Crippen LogP contribution in [0.3, 0.4) is 0 Å². The van der Waals surface area contributed by atoms with Crippen molar-refractivity contribution in [3.8, 4) is 0 Å². The van der Waals surface area contributed by atoms with Crippen molar-refractivity contribution in [2.24, 2.45) is 7.05 Å². The van der Waals surface area contributed by atoms with Crippen LogP contribution in [0.4, 0.5) is 5.82 Å². The van der Waals surface area contributed by atoms with Gasteiger partial charge in [0, 0.05) is 39.4 Å². The number of amides is 1. The van der Waals surface area contributed by atoms with Gasteiger partial charge in [0.25, 0.3) is 0 Å². The summed E-state index contributed by atoms with van der Waals surface area (Å²) in [6.45, 7) is 2.31. The standard InChI is InChI=1S/C14H19N7O5S/c1-11-7-13(21(23)24)16-20(11)10-14(22)18-3-5-19(6-4-18)27(25,26)12-8-15-17(2)9-12/h7-9H,3-6,10H2,1-2H3. The third-order valence-electron chi connectivity index (χ3n) is 4.35. The van der Waals surface area contributed by atoms with Crippen LogP contribution in [0.1, 0.15) is 5.69 Å². The Morgan fingerprint density at radius 3 is 2.48 bits per heavy atom. The maximum absolute atomic E-state index is 12.6. The van der Waals surface area contributed by atoms with Crippen molar-refractivity contribution in [1.82, 2.24) is 28.8 Å². The lowest BCUT2D eigenvalue weighted by Gasteiger charge is -2.33. The molecule has 2 aromatic heterocycles. The van der Waals surface area contributed by atoms with Crippen molar-refractivity contribution >= 4 is 21.7 Å². The number of piperazine rings is 1. The van der Waals surface area contributed by atoms with E-state index in [-0.39, 0.29) is 49.3 Å². The topological polar surface area (TPSA) is 136 Å². The van der Waals surface area contributed by atoms with Gasteiger partial charge in [0.1, 0.15) is 11.4 Å². The smallest absolute Gasteiger partial charge is 0.358 e. The summed E-state index contributed by atoms with van der Waals surface area (Å²) in [5, 5.41) is 18.4. The molecule has 0 radical (unpaired) electrons. The average molecular weight is 397 g/mol. The SMILES string of the molecule is Cc1cc([N+](=O)[O-])nn1CC(=O)N1CCN(S(=O)(=O)c2cnn(C)c2)CC1. The Labute approximate surface area is 155 Å². The minimum atomic E-state index is -3.64. The van der Waals surface area contributed by atoms with E-state index in [4.69, 9.17) is 0 Å². The molecule has 1 aliphatic rings. The van der Waals surface area contributed by atoms with Crippen molar-refractivity contribution in [3.63, 3.8) is 0 Å². The van der Waals surface area contributed by atoms with E-state index >= 15 is 0 Å². The number of sulfonamides is 1. The highest BCUT2D eigenvalue weighted by atomic mass is 32.2. The van der Waals surface area contributed by atoms with Crippen LogP contribution in [0.15, 0.2) is 23.4 Å². The largest absolute Gasteiger partial charge is 0.390 e. The normalized spacial score (nSPS) is 15.9. The van der Waals surface area contributed by atoms with Crippen molar-refractivity contribution in [1.29, 1.82) is 0 Å². The number of nitrogens with zero attached hydrogens (tertiary/aromatic N) is 7. The Morgan fingerprint density at radius 1 is 1.30 bits per heavy atom. The van der Waals surface area contributed by atoms with Crippen LogP contribution in [0.25, 0.3) is 0 Å². The first-order valence-electron chi connectivity index (χ1n) is 8.14. The van der Waals surface area contributed by atoms with E-state index < -0.39 is 14.9 Å². The van der Waals surface area contributed by atoms with Gasteiger partial charge in [0.15, 0.2) is 0 Å². The maximum Gasteiger partial charge on any atom is 0.390 e. The Morgan fingerprint density at radius 2 is 1.96 bits per heavy atom. The molecule has 146 valence electrons. The van der Waals surface area contributed by atoms with Gasteiger partial charge < -0.3 is 15.0 Å². The molecule has 0 unspecified atom stereocenters. The summed E-state index contributed by atoms with van der Waals surface area (Å²) in [5.74, 6) is -0.581. The first-order valence-corrected chi connectivity index (χ1v) is 9.58. The predicted molar refractivity (Wildman–Crippen MR) is 92.2 cm³/mol. The summed E-state index contributed by atoms with van der Waals surface area (Å²) in [7, 11) is -2.01. The second-order valence-electron chi connectivity index (χ2n) is 6.19. The highest BCUT2D eigenvalue weighted by molar-refractivity contribution is 7.89. The molecule has 0 spiro atoms. The Kier molecular flexibility index (Phi) is 4.97. The zero-order valence-electron chi connectivity index (χ0n) is 14.8. The van der Waals surface area contributed by atoms with Crippen LogP contribution in [0.5, 0.6) is 0 Å². The lowest BCUT2D eigenvalue weighted by atomic mass is 10.3. The van der Waals surface area contributed by atoms with Crippen molar-refractivity contribution < 1.29 is 18.1 Å². The van der Waals surface area contributed by atoms with Crippen LogP contribution in [-0.2, 0) is 28.4 Å². The molecule has 1 fully saturated rings. The van der Waals surface area contributed by atoms with E-state index in [2.05, 4.69) is 10.2 Å². The molecule has 0 atom stereocenters. The lowest BCUT2D eigenvalue weighted by molar-refractivity contribution is -0.389. The van der Waals surface area contributed by atoms with Gasteiger partial charge in [-0.3, -0.25) is 9.48 Å². The number of rotatable bonds is 5. The number of aryl methyl sites for hydroxylation is 2. The summed E-state index contributed by atoms with van der Waals surface area (Å²) >= 11 is 0. The van der Waals surface area contributed by atoms with Crippen LogP contribution >= 0.6 is 0 Å². The number of hydrogen-bond donors (Lipinski definition) is 0. The molecule has 0 N–H and O–H groups in total. The monoisotopic (exact) mass is 397 g/mol. The molecule has 2 aromatic rings. The average Bonchev–Trinajstić information content (AvgIpc) is 3.22. The zero-order valence-corrected chi connectivity index (χ0v) is 15.7. The second kappa shape index (κ2) is 7.08. The van der Waals surface area contributed by atoms with E-state index in [0.29, 0.717) is 5.69 Å². The van der Waals surface area contributed by atoms with Crippen molar-refractivity contribution in [2.45, 2.75) is 18.4 Å². The molecule has 0 aliphatic carbocycles. The number of hydrogen-bond acceptors (Lipinski definition) is 7. The van der Waals surface area contributed by atoms with Gasteiger partial charge >= 0.3 is 5.82 Å². The summed E-state index contributed by atoms with van der Waals surface area (Å²) in [5.41, 5.74) is 0.507. The number of nitro groups is 1. The molecule has 1 saturated heterocycles. The van der Waals surface area contributed by atoms with Crippen molar-refractivity contribution in [2.75, 3.05) is 26.2 Å². The Bertz CT molecular complexity index is 972. The van der Waals surface area contributed by atoms with Crippen LogP contribution in [0.2, 0.25) is 0 Å². The minimum Gasteiger partial charge on any atom is -0.358 e. The van der Waals surface area contributed by atoms with Gasteiger partial charge in [-0.05, 0) is 11.8 Å². The Balaban J connectivity index is 1.62. The summed E-state index contributed by atoms with van der Waals surface area (Å²) in [6.07, 6.45) is 2.72. The molecular formula is C14H19N7O5S. The van der Waals surface area contributed by atoms with Gasteiger partial charge in [-0.15, -0.1) is 0 Å². The van der Waals surface area contributed by atoms with Crippen LogP contribution in [-0.4, -0.2) is 74.2 Å². The first-order chi connectivity index (χ1) is 12.7. The van der Waals surface area contributed by atoms with E-state index in [1.807, 2.05) is 0 Å². The molecule has 13 heteroatoms. The summed E-state index contributed by atoms with van der Waals surface area (Å²) in [4.78, 5) is 24.2. The zero-order chi connectivity index (χ0) is 19.8. The number of aromatic nitrogens is 4. The first kappa shape index (κ1) is 19.0. The number of carbonyl (C=O) groups excluding carboxylic acids is 1. The molecule has 12 nitrogen and oxygen atoms in total. The third-order valence-corrected chi connectivity index (χ3v) is 6.20. The van der Waals surface area contributed by atoms with Crippen LogP contribution < -0.4 is 0 Å². The fraction of sp³-hybridized carbons (Fsp3) is 0.500. The van der Waals surface area contributed by atoms with Crippen molar-refractivity contribution in [3.05, 3.63) is 34.3 Å². The summed E-state index contributed by atoms with van der Waals surface area (Å²) in [6, 6.07) is 1.30. The molecular weight excluding hydrogens is 378 g/mol. The fourth-order valence-electron chi connectivity index (χ4n) is 2.83. The van der Waals surface area contributed by atoms with Gasteiger partial charge in [-0.2, -0.15) is 14.1 Å². The minimum absolute atomic E-state index is 0.115.